The maximum Gasteiger partial charge on any atom is 0.335 e. The number of anilines is 2. The number of ether oxygens (including phenoxy) is 1. The number of carboxylic acid groups (broad SMARTS) is 1. The normalized spacial score (nSPS) is 23.2. The quantitative estimate of drug-likeness (QED) is 0.777. The highest BCUT2D eigenvalue weighted by atomic mass is 16.5. The third kappa shape index (κ3) is 4.02. The van der Waals surface area contributed by atoms with Gasteiger partial charge in [-0.1, -0.05) is 24.3 Å². The van der Waals surface area contributed by atoms with Crippen LogP contribution in [0.15, 0.2) is 54.6 Å². The van der Waals surface area contributed by atoms with Crippen LogP contribution in [0, 0.1) is 5.92 Å². The van der Waals surface area contributed by atoms with E-state index in [0.29, 0.717) is 11.6 Å². The van der Waals surface area contributed by atoms with Crippen LogP contribution in [-0.4, -0.2) is 54.2 Å². The van der Waals surface area contributed by atoms with Gasteiger partial charge in [-0.05, 0) is 62.2 Å². The Morgan fingerprint density at radius 3 is 2.39 bits per heavy atom. The van der Waals surface area contributed by atoms with Crippen LogP contribution in [0.25, 0.3) is 0 Å². The Hall–Kier alpha value is -2.86. The number of nitrogens with zero attached hydrogens (tertiary/aromatic N) is 2. The number of rotatable bonds is 6. The maximum atomic E-state index is 12.8. The van der Waals surface area contributed by atoms with Gasteiger partial charge in [0.15, 0.2) is 0 Å². The van der Waals surface area contributed by atoms with Crippen LogP contribution >= 0.6 is 0 Å². The van der Waals surface area contributed by atoms with Crippen LogP contribution in [0.4, 0.5) is 11.4 Å². The number of hydrogen-bond acceptors (Lipinski definition) is 5. The Morgan fingerprint density at radius 2 is 1.75 bits per heavy atom. The van der Waals surface area contributed by atoms with Crippen LogP contribution < -0.4 is 4.90 Å². The number of aromatic carboxylic acids is 1. The van der Waals surface area contributed by atoms with Crippen molar-refractivity contribution < 1.29 is 19.4 Å². The monoisotopic (exact) mass is 380 g/mol. The summed E-state index contributed by atoms with van der Waals surface area (Å²) in [4.78, 5) is 28.3. The van der Waals surface area contributed by atoms with E-state index < -0.39 is 5.97 Å². The van der Waals surface area contributed by atoms with Crippen molar-refractivity contribution in [1.29, 1.82) is 0 Å². The summed E-state index contributed by atoms with van der Waals surface area (Å²) in [6.45, 7) is 3.04. The minimum Gasteiger partial charge on any atom is -0.478 e. The van der Waals surface area contributed by atoms with Gasteiger partial charge in [0.25, 0.3) is 0 Å². The molecule has 146 valence electrons. The third-order valence-corrected chi connectivity index (χ3v) is 5.64. The second kappa shape index (κ2) is 8.02. The molecule has 0 radical (unpaired) electrons. The minimum atomic E-state index is -0.996. The number of hydrogen-bond donors (Lipinski definition) is 1. The molecule has 0 aromatic heterocycles. The number of piperidine rings is 3. The molecule has 3 heterocycles. The van der Waals surface area contributed by atoms with Crippen molar-refractivity contribution in [2.45, 2.75) is 18.9 Å². The van der Waals surface area contributed by atoms with E-state index in [9.17, 15) is 14.7 Å². The first kappa shape index (κ1) is 18.5. The first-order valence-corrected chi connectivity index (χ1v) is 9.68. The molecule has 3 aliphatic rings. The Kier molecular flexibility index (Phi) is 5.30. The molecule has 1 atom stereocenters. The lowest BCUT2D eigenvalue weighted by atomic mass is 9.86. The zero-order valence-electron chi connectivity index (χ0n) is 15.7. The molecule has 3 aliphatic heterocycles. The second-order valence-corrected chi connectivity index (χ2v) is 7.44. The van der Waals surface area contributed by atoms with E-state index in [1.54, 1.807) is 29.2 Å². The van der Waals surface area contributed by atoms with E-state index >= 15 is 0 Å². The molecule has 0 unspecified atom stereocenters. The number of benzene rings is 2. The highest BCUT2D eigenvalue weighted by molar-refractivity contribution is 5.90. The molecule has 2 aromatic carbocycles. The molecule has 6 heteroatoms. The molecule has 5 rings (SSSR count). The molecule has 3 saturated heterocycles. The van der Waals surface area contributed by atoms with Crippen molar-refractivity contribution in [2.75, 3.05) is 31.1 Å². The molecule has 2 aromatic rings. The highest BCUT2D eigenvalue weighted by Gasteiger charge is 2.36. The molecule has 6 nitrogen and oxygen atoms in total. The van der Waals surface area contributed by atoms with Crippen LogP contribution in [0.3, 0.4) is 0 Å². The number of esters is 1. The molecule has 28 heavy (non-hydrogen) atoms. The highest BCUT2D eigenvalue weighted by Crippen LogP contribution is 2.30. The summed E-state index contributed by atoms with van der Waals surface area (Å²) in [6, 6.07) is 16.1. The van der Waals surface area contributed by atoms with Gasteiger partial charge in [0.1, 0.15) is 12.6 Å². The summed E-state index contributed by atoms with van der Waals surface area (Å²) < 4.78 is 5.84. The Morgan fingerprint density at radius 1 is 1.04 bits per heavy atom. The standard InChI is InChI=1S/C22H24N2O4/c25-21(28-20-14-23-11-9-16(20)10-12-23)15-24(18-6-2-1-3-7-18)19-8-4-5-17(13-19)22(26)27/h1-8,13,16,20H,9-12,14-15H2,(H,26,27)/t20-/m0/s1. The first-order chi connectivity index (χ1) is 13.6. The fourth-order valence-corrected chi connectivity index (χ4v) is 4.13. The van der Waals surface area contributed by atoms with Crippen LogP contribution in [0.1, 0.15) is 23.2 Å². The van der Waals surface area contributed by atoms with Crippen molar-refractivity contribution >= 4 is 23.3 Å². The summed E-state index contributed by atoms with van der Waals surface area (Å²) >= 11 is 0. The van der Waals surface area contributed by atoms with Crippen molar-refractivity contribution in [1.82, 2.24) is 4.90 Å². The van der Waals surface area contributed by atoms with Gasteiger partial charge < -0.3 is 14.7 Å². The predicted octanol–water partition coefficient (Wildman–Crippen LogP) is 3.16. The maximum absolute atomic E-state index is 12.8. The van der Waals surface area contributed by atoms with Gasteiger partial charge in [0.2, 0.25) is 0 Å². The van der Waals surface area contributed by atoms with Crippen molar-refractivity contribution in [3.8, 4) is 0 Å². The SMILES string of the molecule is O=C(CN(c1ccccc1)c1cccc(C(=O)O)c1)O[C@H]1CN2CCC1CC2. The largest absolute Gasteiger partial charge is 0.478 e. The molecule has 0 spiro atoms. The lowest BCUT2D eigenvalue weighted by Crippen LogP contribution is -2.52. The van der Waals surface area contributed by atoms with Crippen LogP contribution in [0.5, 0.6) is 0 Å². The second-order valence-electron chi connectivity index (χ2n) is 7.44. The van der Waals surface area contributed by atoms with Crippen LogP contribution in [-0.2, 0) is 9.53 Å². The van der Waals surface area contributed by atoms with Crippen molar-refractivity contribution in [3.63, 3.8) is 0 Å². The Bertz CT molecular complexity index is 847. The molecule has 0 amide bonds. The van der Waals surface area contributed by atoms with Gasteiger partial charge in [0, 0.05) is 17.9 Å². The summed E-state index contributed by atoms with van der Waals surface area (Å²) in [5.74, 6) is -0.831. The number of para-hydroxylation sites is 1. The number of carbonyl (C=O) groups is 2. The Balaban J connectivity index is 1.53. The summed E-state index contributed by atoms with van der Waals surface area (Å²) in [5, 5.41) is 9.31. The topological polar surface area (TPSA) is 70.1 Å². The van der Waals surface area contributed by atoms with Crippen molar-refractivity contribution in [3.05, 3.63) is 60.2 Å². The van der Waals surface area contributed by atoms with Crippen molar-refractivity contribution in [2.24, 2.45) is 5.92 Å². The van der Waals surface area contributed by atoms with Gasteiger partial charge in [-0.2, -0.15) is 0 Å². The fourth-order valence-electron chi connectivity index (χ4n) is 4.13. The summed E-state index contributed by atoms with van der Waals surface area (Å²) in [7, 11) is 0. The average molecular weight is 380 g/mol. The van der Waals surface area contributed by atoms with E-state index in [-0.39, 0.29) is 24.2 Å². The van der Waals surface area contributed by atoms with Gasteiger partial charge in [-0.3, -0.25) is 9.69 Å². The average Bonchev–Trinajstić information content (AvgIpc) is 2.73. The van der Waals surface area contributed by atoms with E-state index in [0.717, 1.165) is 38.2 Å². The van der Waals surface area contributed by atoms with E-state index in [4.69, 9.17) is 4.74 Å². The zero-order chi connectivity index (χ0) is 19.5. The van der Waals surface area contributed by atoms with Crippen LogP contribution in [0.2, 0.25) is 0 Å². The lowest BCUT2D eigenvalue weighted by Gasteiger charge is -2.44. The van der Waals surface area contributed by atoms with E-state index in [1.807, 2.05) is 30.3 Å². The lowest BCUT2D eigenvalue weighted by molar-refractivity contribution is -0.156. The molecular weight excluding hydrogens is 356 g/mol. The van der Waals surface area contributed by atoms with Gasteiger partial charge in [-0.15, -0.1) is 0 Å². The smallest absolute Gasteiger partial charge is 0.335 e. The zero-order valence-corrected chi connectivity index (χ0v) is 15.7. The van der Waals surface area contributed by atoms with E-state index in [1.165, 1.54) is 0 Å². The first-order valence-electron chi connectivity index (χ1n) is 9.68. The summed E-state index contributed by atoms with van der Waals surface area (Å²) in [6.07, 6.45) is 2.13. The molecule has 0 saturated carbocycles. The number of carbonyl (C=O) groups excluding carboxylic acids is 1. The summed E-state index contributed by atoms with van der Waals surface area (Å²) in [5.41, 5.74) is 1.65. The molecular formula is C22H24N2O4. The third-order valence-electron chi connectivity index (χ3n) is 5.64. The molecule has 3 fully saturated rings. The molecule has 0 aliphatic carbocycles. The van der Waals surface area contributed by atoms with Gasteiger partial charge in [-0.25, -0.2) is 4.79 Å². The van der Waals surface area contributed by atoms with Gasteiger partial charge in [0.05, 0.1) is 5.56 Å². The molecule has 2 bridgehead atoms. The Labute approximate surface area is 164 Å². The predicted molar refractivity (Wildman–Crippen MR) is 106 cm³/mol. The fraction of sp³-hybridized carbons (Fsp3) is 0.364. The van der Waals surface area contributed by atoms with E-state index in [2.05, 4.69) is 4.90 Å². The minimum absolute atomic E-state index is 0.0380. The van der Waals surface area contributed by atoms with Gasteiger partial charge >= 0.3 is 11.9 Å². The molecule has 1 N–H and O–H groups in total. The number of carboxylic acids is 1. The number of fused-ring (bicyclic) bond motifs is 3.